The largest absolute Gasteiger partial charge is 0.324 e. The predicted octanol–water partition coefficient (Wildman–Crippen LogP) is 1.84. The maximum Gasteiger partial charge on any atom is 0.0284 e. The Morgan fingerprint density at radius 3 is 2.15 bits per heavy atom. The van der Waals surface area contributed by atoms with Crippen LogP contribution in [0.25, 0.3) is 0 Å². The number of nitrogens with two attached hydrogens (primary N) is 1. The van der Waals surface area contributed by atoms with Crippen molar-refractivity contribution in [3.05, 3.63) is 0 Å². The van der Waals surface area contributed by atoms with Gasteiger partial charge in [-0.05, 0) is 32.2 Å². The monoisotopic (exact) mass is 184 g/mol. The SMILES string of the molecule is CC(N(C)CC1(N)CC1)C(C)(C)C. The molecule has 0 spiro atoms. The van der Waals surface area contributed by atoms with Gasteiger partial charge in [0, 0.05) is 18.1 Å². The fourth-order valence-electron chi connectivity index (χ4n) is 1.61. The van der Waals surface area contributed by atoms with Gasteiger partial charge in [0.2, 0.25) is 0 Å². The quantitative estimate of drug-likeness (QED) is 0.725. The number of hydrogen-bond acceptors (Lipinski definition) is 2. The van der Waals surface area contributed by atoms with Crippen LogP contribution in [0.15, 0.2) is 0 Å². The van der Waals surface area contributed by atoms with Crippen LogP contribution in [0.5, 0.6) is 0 Å². The molecule has 1 aliphatic carbocycles. The number of rotatable bonds is 3. The number of hydrogen-bond donors (Lipinski definition) is 1. The molecule has 2 nitrogen and oxygen atoms in total. The smallest absolute Gasteiger partial charge is 0.0284 e. The Bertz CT molecular complexity index is 177. The Kier molecular flexibility index (Phi) is 2.75. The Balaban J connectivity index is 2.42. The second kappa shape index (κ2) is 3.25. The summed E-state index contributed by atoms with van der Waals surface area (Å²) >= 11 is 0. The Labute approximate surface area is 82.5 Å². The van der Waals surface area contributed by atoms with Crippen LogP contribution in [-0.4, -0.2) is 30.1 Å². The van der Waals surface area contributed by atoms with Crippen LogP contribution in [0.4, 0.5) is 0 Å². The first-order valence-corrected chi connectivity index (χ1v) is 5.24. The Morgan fingerprint density at radius 1 is 1.38 bits per heavy atom. The minimum atomic E-state index is 0.147. The van der Waals surface area contributed by atoms with Gasteiger partial charge in [-0.15, -0.1) is 0 Å². The van der Waals surface area contributed by atoms with Crippen LogP contribution in [0, 0.1) is 5.41 Å². The van der Waals surface area contributed by atoms with Crippen molar-refractivity contribution in [2.75, 3.05) is 13.6 Å². The van der Waals surface area contributed by atoms with Gasteiger partial charge in [-0.3, -0.25) is 0 Å². The Morgan fingerprint density at radius 2 is 1.85 bits per heavy atom. The molecule has 1 rings (SSSR count). The molecule has 0 saturated heterocycles. The predicted molar refractivity (Wildman–Crippen MR) is 57.7 cm³/mol. The van der Waals surface area contributed by atoms with Crippen LogP contribution in [0.1, 0.15) is 40.5 Å². The van der Waals surface area contributed by atoms with Gasteiger partial charge < -0.3 is 10.6 Å². The zero-order valence-corrected chi connectivity index (χ0v) is 9.72. The second-order valence-electron chi connectivity index (χ2n) is 5.82. The van der Waals surface area contributed by atoms with Crippen molar-refractivity contribution in [3.8, 4) is 0 Å². The molecule has 0 bridgehead atoms. The summed E-state index contributed by atoms with van der Waals surface area (Å²) in [5.74, 6) is 0. The van der Waals surface area contributed by atoms with E-state index in [2.05, 4.69) is 39.6 Å². The minimum Gasteiger partial charge on any atom is -0.324 e. The van der Waals surface area contributed by atoms with Gasteiger partial charge in [-0.25, -0.2) is 0 Å². The van der Waals surface area contributed by atoms with E-state index in [0.717, 1.165) is 6.54 Å². The molecule has 1 fully saturated rings. The third-order valence-corrected chi connectivity index (χ3v) is 3.37. The molecule has 0 radical (unpaired) electrons. The van der Waals surface area contributed by atoms with Gasteiger partial charge in [0.25, 0.3) is 0 Å². The molecule has 1 aliphatic rings. The molecule has 0 aliphatic heterocycles. The molecule has 0 aromatic carbocycles. The standard InChI is InChI=1S/C11H24N2/c1-9(10(2,3)4)13(5)8-11(12)6-7-11/h9H,6-8,12H2,1-5H3. The van der Waals surface area contributed by atoms with Gasteiger partial charge in [0.05, 0.1) is 0 Å². The number of nitrogens with zero attached hydrogens (tertiary/aromatic N) is 1. The van der Waals surface area contributed by atoms with Crippen LogP contribution in [0.2, 0.25) is 0 Å². The summed E-state index contributed by atoms with van der Waals surface area (Å²) in [7, 11) is 2.18. The molecule has 1 unspecified atom stereocenters. The third-order valence-electron chi connectivity index (χ3n) is 3.37. The lowest BCUT2D eigenvalue weighted by Crippen LogP contribution is -2.46. The zero-order chi connectivity index (χ0) is 10.3. The van der Waals surface area contributed by atoms with E-state index in [1.54, 1.807) is 0 Å². The summed E-state index contributed by atoms with van der Waals surface area (Å²) in [6.07, 6.45) is 2.41. The van der Waals surface area contributed by atoms with E-state index in [4.69, 9.17) is 5.73 Å². The zero-order valence-electron chi connectivity index (χ0n) is 9.72. The van der Waals surface area contributed by atoms with Crippen molar-refractivity contribution < 1.29 is 0 Å². The maximum absolute atomic E-state index is 6.09. The van der Waals surface area contributed by atoms with Gasteiger partial charge in [0.15, 0.2) is 0 Å². The third kappa shape index (κ3) is 2.96. The van der Waals surface area contributed by atoms with E-state index in [1.807, 2.05) is 0 Å². The van der Waals surface area contributed by atoms with E-state index in [0.29, 0.717) is 11.5 Å². The molecule has 0 heterocycles. The summed E-state index contributed by atoms with van der Waals surface area (Å²) in [4.78, 5) is 2.40. The van der Waals surface area contributed by atoms with E-state index < -0.39 is 0 Å². The second-order valence-corrected chi connectivity index (χ2v) is 5.82. The average Bonchev–Trinajstić information content (AvgIpc) is 2.64. The lowest BCUT2D eigenvalue weighted by Gasteiger charge is -2.36. The van der Waals surface area contributed by atoms with Crippen LogP contribution >= 0.6 is 0 Å². The van der Waals surface area contributed by atoms with Crippen molar-refractivity contribution in [3.63, 3.8) is 0 Å². The number of likely N-dealkylation sites (N-methyl/N-ethyl adjacent to an activating group) is 1. The van der Waals surface area contributed by atoms with E-state index in [1.165, 1.54) is 12.8 Å². The summed E-state index contributed by atoms with van der Waals surface area (Å²) in [6.45, 7) is 10.2. The van der Waals surface area contributed by atoms with Crippen molar-refractivity contribution >= 4 is 0 Å². The molecule has 0 aromatic rings. The summed E-state index contributed by atoms with van der Waals surface area (Å²) < 4.78 is 0. The maximum atomic E-state index is 6.09. The highest BCUT2D eigenvalue weighted by Crippen LogP contribution is 2.34. The summed E-state index contributed by atoms with van der Waals surface area (Å²) in [6, 6.07) is 0.591. The van der Waals surface area contributed by atoms with Crippen molar-refractivity contribution in [2.24, 2.45) is 11.1 Å². The molecular formula is C11H24N2. The van der Waals surface area contributed by atoms with Crippen LogP contribution in [-0.2, 0) is 0 Å². The average molecular weight is 184 g/mol. The molecule has 1 atom stereocenters. The normalized spacial score (nSPS) is 23.3. The summed E-state index contributed by atoms with van der Waals surface area (Å²) in [5.41, 5.74) is 6.58. The lowest BCUT2D eigenvalue weighted by molar-refractivity contribution is 0.131. The van der Waals surface area contributed by atoms with E-state index in [9.17, 15) is 0 Å². The molecule has 78 valence electrons. The highest BCUT2D eigenvalue weighted by Gasteiger charge is 2.40. The fourth-order valence-corrected chi connectivity index (χ4v) is 1.61. The first kappa shape index (κ1) is 11.0. The molecule has 13 heavy (non-hydrogen) atoms. The highest BCUT2D eigenvalue weighted by molar-refractivity contribution is 5.01. The van der Waals surface area contributed by atoms with Crippen molar-refractivity contribution in [1.29, 1.82) is 0 Å². The molecule has 0 aromatic heterocycles. The lowest BCUT2D eigenvalue weighted by atomic mass is 9.87. The molecule has 2 heteroatoms. The summed E-state index contributed by atoms with van der Waals surface area (Å²) in [5, 5.41) is 0. The molecule has 0 amide bonds. The van der Waals surface area contributed by atoms with Gasteiger partial charge in [-0.1, -0.05) is 20.8 Å². The first-order chi connectivity index (χ1) is 5.75. The highest BCUT2D eigenvalue weighted by atomic mass is 15.2. The minimum absolute atomic E-state index is 0.147. The molecular weight excluding hydrogens is 160 g/mol. The topological polar surface area (TPSA) is 29.3 Å². The van der Waals surface area contributed by atoms with E-state index in [-0.39, 0.29) is 5.54 Å². The van der Waals surface area contributed by atoms with Crippen LogP contribution < -0.4 is 5.73 Å². The van der Waals surface area contributed by atoms with E-state index >= 15 is 0 Å². The Hall–Kier alpha value is -0.0800. The molecule has 1 saturated carbocycles. The first-order valence-electron chi connectivity index (χ1n) is 5.24. The van der Waals surface area contributed by atoms with Crippen molar-refractivity contribution in [1.82, 2.24) is 4.90 Å². The van der Waals surface area contributed by atoms with Gasteiger partial charge in [-0.2, -0.15) is 0 Å². The van der Waals surface area contributed by atoms with Crippen LogP contribution in [0.3, 0.4) is 0 Å². The van der Waals surface area contributed by atoms with Gasteiger partial charge >= 0.3 is 0 Å². The van der Waals surface area contributed by atoms with Crippen molar-refractivity contribution in [2.45, 2.75) is 52.1 Å². The molecule has 2 N–H and O–H groups in total. The van der Waals surface area contributed by atoms with Gasteiger partial charge in [0.1, 0.15) is 0 Å². The fraction of sp³-hybridized carbons (Fsp3) is 1.00.